The van der Waals surface area contributed by atoms with Crippen LogP contribution in [0.1, 0.15) is 65.4 Å². The van der Waals surface area contributed by atoms with Crippen LogP contribution in [-0.2, 0) is 25.6 Å². The van der Waals surface area contributed by atoms with Gasteiger partial charge in [0.15, 0.2) is 22.1 Å². The Morgan fingerprint density at radius 3 is 2.12 bits per heavy atom. The quantitative estimate of drug-likeness (QED) is 0.0651. The smallest absolute Gasteiger partial charge is 0.336 e. The second-order valence-electron chi connectivity index (χ2n) is 13.9. The Morgan fingerprint density at radius 2 is 1.54 bits per heavy atom. The van der Waals surface area contributed by atoms with Crippen LogP contribution in [0.5, 0.6) is 0 Å². The van der Waals surface area contributed by atoms with Crippen LogP contribution in [0, 0.1) is 21.7 Å². The minimum absolute atomic E-state index is 0.172. The number of non-ortho nitro benzene ring substituents is 1. The molecule has 304 valence electrons. The highest BCUT2D eigenvalue weighted by Crippen LogP contribution is 2.34. The summed E-state index contributed by atoms with van der Waals surface area (Å²) in [5.41, 5.74) is -0.967. The first-order chi connectivity index (χ1) is 26.9. The molecular weight excluding hydrogens is 769 g/mol. The number of amides is 1. The van der Waals surface area contributed by atoms with Gasteiger partial charge in [-0.1, -0.05) is 48.5 Å². The first kappa shape index (κ1) is 44.2. The number of aliphatic hydroxyl groups is 1. The standard InChI is InChI=1S/C34H35F2N3O4S.C6H8O7/c1-37(34(40)30-21-27(39(41)42)19-25-7-3-4-8-28(25)30)22-26(24-11-12-31(35)32(36)20-24)15-18-38-16-13-23(14-17-38)29-9-5-6-10-33(29)44(2)43;7-3(8)1-6(13,5(11)12)2-4(9)10/h3-12,19-21,23,26H,13-18,22H2,1-2H3;13H,1-2H2,(H,7,8)(H,9,10)(H,11,12)/t26?,44-;/m0./s1. The Kier molecular flexibility index (Phi) is 15.2. The lowest BCUT2D eigenvalue weighted by Gasteiger charge is -2.34. The van der Waals surface area contributed by atoms with Crippen LogP contribution in [0.25, 0.3) is 10.8 Å². The number of nitrogens with zero attached hydrogens (tertiary/aromatic N) is 3. The summed E-state index contributed by atoms with van der Waals surface area (Å²) < 4.78 is 40.4. The molecule has 0 saturated carbocycles. The third kappa shape index (κ3) is 11.8. The van der Waals surface area contributed by atoms with Gasteiger partial charge in [-0.3, -0.25) is 24.5 Å². The largest absolute Gasteiger partial charge is 0.612 e. The highest BCUT2D eigenvalue weighted by Gasteiger charge is 2.41. The Hall–Kier alpha value is -5.49. The zero-order valence-corrected chi connectivity index (χ0v) is 32.0. The van der Waals surface area contributed by atoms with Crippen molar-refractivity contribution in [3.05, 3.63) is 117 Å². The summed E-state index contributed by atoms with van der Waals surface area (Å²) in [6, 6.07) is 21.5. The SMILES string of the molecule is CN(CC(CCN1CCC(c2ccccc2[S@+](C)[O-])CC1)c1ccc(F)c(F)c1)C(=O)c1cc([N+](=O)[O-])cc2ccccc12.O=C(O)CC(O)(CC(=O)O)C(=O)O. The van der Waals surface area contributed by atoms with Crippen molar-refractivity contribution < 1.29 is 57.9 Å². The van der Waals surface area contributed by atoms with Crippen LogP contribution >= 0.6 is 0 Å². The van der Waals surface area contributed by atoms with E-state index in [0.29, 0.717) is 35.2 Å². The fraction of sp³-hybridized carbons (Fsp3) is 0.350. The van der Waals surface area contributed by atoms with E-state index in [4.69, 9.17) is 20.4 Å². The number of carboxylic acids is 3. The lowest BCUT2D eigenvalue weighted by Crippen LogP contribution is -2.42. The van der Waals surface area contributed by atoms with Gasteiger partial charge in [-0.15, -0.1) is 0 Å². The van der Waals surface area contributed by atoms with Gasteiger partial charge in [-0.25, -0.2) is 13.6 Å². The zero-order valence-electron chi connectivity index (χ0n) is 31.2. The van der Waals surface area contributed by atoms with Gasteiger partial charge in [0.25, 0.3) is 11.6 Å². The first-order valence-corrected chi connectivity index (χ1v) is 19.4. The van der Waals surface area contributed by atoms with Crippen LogP contribution in [-0.4, -0.2) is 109 Å². The minimum atomic E-state index is -2.74. The zero-order chi connectivity index (χ0) is 42.0. The van der Waals surface area contributed by atoms with E-state index in [1.54, 1.807) is 43.6 Å². The van der Waals surface area contributed by atoms with Gasteiger partial charge < -0.3 is 34.8 Å². The van der Waals surface area contributed by atoms with Crippen molar-refractivity contribution in [2.45, 2.75) is 54.4 Å². The number of carboxylic acid groups (broad SMARTS) is 3. The Balaban J connectivity index is 0.000000476. The lowest BCUT2D eigenvalue weighted by molar-refractivity contribution is -0.384. The van der Waals surface area contributed by atoms with Crippen LogP contribution in [0.3, 0.4) is 0 Å². The third-order valence-electron chi connectivity index (χ3n) is 9.88. The van der Waals surface area contributed by atoms with E-state index >= 15 is 0 Å². The number of nitro groups is 1. The molecule has 0 aromatic heterocycles. The number of halogens is 2. The predicted octanol–water partition coefficient (Wildman–Crippen LogP) is 5.64. The normalized spacial score (nSPS) is 14.6. The summed E-state index contributed by atoms with van der Waals surface area (Å²) in [6.45, 7) is 2.59. The van der Waals surface area contributed by atoms with Crippen LogP contribution in [0.2, 0.25) is 0 Å². The van der Waals surface area contributed by atoms with E-state index in [-0.39, 0.29) is 29.6 Å². The topological polar surface area (TPSA) is 222 Å². The van der Waals surface area contributed by atoms with Gasteiger partial charge in [0.1, 0.15) is 6.26 Å². The maximum atomic E-state index is 14.3. The maximum Gasteiger partial charge on any atom is 0.336 e. The summed E-state index contributed by atoms with van der Waals surface area (Å²) in [6.07, 6.45) is 1.85. The number of fused-ring (bicyclic) bond motifs is 1. The van der Waals surface area contributed by atoms with E-state index in [2.05, 4.69) is 11.0 Å². The third-order valence-corrected chi connectivity index (χ3v) is 10.9. The molecule has 4 aromatic carbocycles. The molecule has 0 spiro atoms. The summed E-state index contributed by atoms with van der Waals surface area (Å²) in [5.74, 6) is -7.26. The Labute approximate surface area is 329 Å². The molecule has 57 heavy (non-hydrogen) atoms. The summed E-state index contributed by atoms with van der Waals surface area (Å²) in [4.78, 5) is 60.0. The molecule has 1 unspecified atom stereocenters. The van der Waals surface area contributed by atoms with Gasteiger partial charge in [0.2, 0.25) is 0 Å². The van der Waals surface area contributed by atoms with Crippen molar-refractivity contribution >= 4 is 51.5 Å². The van der Waals surface area contributed by atoms with Crippen LogP contribution < -0.4 is 0 Å². The summed E-state index contributed by atoms with van der Waals surface area (Å²) in [7, 11) is 1.63. The van der Waals surface area contributed by atoms with Gasteiger partial charge >= 0.3 is 17.9 Å². The van der Waals surface area contributed by atoms with Crippen molar-refractivity contribution in [1.82, 2.24) is 9.80 Å². The van der Waals surface area contributed by atoms with Gasteiger partial charge in [-0.2, -0.15) is 0 Å². The highest BCUT2D eigenvalue weighted by molar-refractivity contribution is 7.90. The summed E-state index contributed by atoms with van der Waals surface area (Å²) in [5, 5.41) is 46.6. The lowest BCUT2D eigenvalue weighted by atomic mass is 9.88. The van der Waals surface area contributed by atoms with E-state index in [9.17, 15) is 42.6 Å². The van der Waals surface area contributed by atoms with Crippen molar-refractivity contribution in [3.8, 4) is 0 Å². The molecule has 2 atom stereocenters. The molecule has 0 bridgehead atoms. The molecule has 5 rings (SSSR count). The van der Waals surface area contributed by atoms with Crippen molar-refractivity contribution in [3.63, 3.8) is 0 Å². The number of carbonyl (C=O) groups is 4. The first-order valence-electron chi connectivity index (χ1n) is 17.8. The number of likely N-dealkylation sites (N-methyl/N-ethyl adjacent to an activating group) is 1. The molecule has 4 N–H and O–H groups in total. The van der Waals surface area contributed by atoms with E-state index < -0.39 is 64.1 Å². The van der Waals surface area contributed by atoms with E-state index in [1.807, 2.05) is 18.2 Å². The number of nitro benzene ring substituents is 1. The second-order valence-corrected chi connectivity index (χ2v) is 15.3. The van der Waals surface area contributed by atoms with E-state index in [1.165, 1.54) is 23.1 Å². The predicted molar refractivity (Wildman–Crippen MR) is 206 cm³/mol. The number of likely N-dealkylation sites (tertiary alicyclic amines) is 1. The fourth-order valence-corrected chi connectivity index (χ4v) is 7.76. The average Bonchev–Trinajstić information content (AvgIpc) is 3.16. The maximum absolute atomic E-state index is 14.3. The van der Waals surface area contributed by atoms with Crippen LogP contribution in [0.15, 0.2) is 83.8 Å². The van der Waals surface area contributed by atoms with Crippen molar-refractivity contribution in [1.29, 1.82) is 0 Å². The number of hydrogen-bond donors (Lipinski definition) is 4. The number of piperidine rings is 1. The molecule has 4 aromatic rings. The molecule has 1 saturated heterocycles. The minimum Gasteiger partial charge on any atom is -0.612 e. The fourth-order valence-electron chi connectivity index (χ4n) is 6.93. The van der Waals surface area contributed by atoms with Crippen molar-refractivity contribution in [2.24, 2.45) is 0 Å². The molecular formula is C40H43F2N3O11S. The number of rotatable bonds is 15. The van der Waals surface area contributed by atoms with Gasteiger partial charge in [0, 0.05) is 37.2 Å². The Morgan fingerprint density at radius 1 is 0.930 bits per heavy atom. The molecule has 1 heterocycles. The van der Waals surface area contributed by atoms with Crippen LogP contribution in [0.4, 0.5) is 14.5 Å². The van der Waals surface area contributed by atoms with E-state index in [0.717, 1.165) is 42.5 Å². The number of carbonyl (C=O) groups excluding carboxylic acids is 1. The van der Waals surface area contributed by atoms with Gasteiger partial charge in [0.05, 0.1) is 23.3 Å². The van der Waals surface area contributed by atoms with Crippen molar-refractivity contribution in [2.75, 3.05) is 39.5 Å². The molecule has 1 aliphatic rings. The summed E-state index contributed by atoms with van der Waals surface area (Å²) >= 11 is -1.06. The molecule has 17 heteroatoms. The number of benzene rings is 4. The second kappa shape index (κ2) is 19.6. The molecule has 0 radical (unpaired) electrons. The molecule has 0 aliphatic carbocycles. The molecule has 1 aliphatic heterocycles. The highest BCUT2D eigenvalue weighted by atomic mass is 32.2. The molecule has 1 amide bonds. The average molecular weight is 812 g/mol. The monoisotopic (exact) mass is 811 g/mol. The Bertz CT molecular complexity index is 2090. The molecule has 1 fully saturated rings. The molecule has 14 nitrogen and oxygen atoms in total. The number of aliphatic carboxylic acids is 3. The van der Waals surface area contributed by atoms with Gasteiger partial charge in [-0.05, 0) is 90.5 Å². The number of hydrogen-bond acceptors (Lipinski definition) is 9.